The summed E-state index contributed by atoms with van der Waals surface area (Å²) in [6.45, 7) is 3.36. The number of methoxy groups -OCH3 is 1. The molecule has 0 unspecified atom stereocenters. The van der Waals surface area contributed by atoms with Gasteiger partial charge in [-0.15, -0.1) is 0 Å². The maximum Gasteiger partial charge on any atom is 0.326 e. The number of carbonyl (C=O) groups is 3. The van der Waals surface area contributed by atoms with Gasteiger partial charge in [0.1, 0.15) is 13.2 Å². The molecule has 1 aliphatic heterocycles. The number of rotatable bonds is 9. The van der Waals surface area contributed by atoms with Crippen LogP contribution in [0.15, 0.2) is 39.7 Å². The number of ether oxygens (including phenoxy) is 3. The summed E-state index contributed by atoms with van der Waals surface area (Å²) in [5, 5.41) is 0.472. The highest BCUT2D eigenvalue weighted by Gasteiger charge is 2.37. The Morgan fingerprint density at radius 3 is 2.63 bits per heavy atom. The van der Waals surface area contributed by atoms with Crippen LogP contribution in [0.1, 0.15) is 31.4 Å². The molecule has 1 saturated heterocycles. The molecule has 7 nitrogen and oxygen atoms in total. The van der Waals surface area contributed by atoms with E-state index in [1.807, 2.05) is 6.92 Å². The lowest BCUT2D eigenvalue weighted by Crippen LogP contribution is -2.35. The second kappa shape index (κ2) is 12.2. The fourth-order valence-corrected chi connectivity index (χ4v) is 4.89. The van der Waals surface area contributed by atoms with Gasteiger partial charge in [0, 0.05) is 15.6 Å². The Balaban J connectivity index is 1.77. The van der Waals surface area contributed by atoms with Gasteiger partial charge in [-0.3, -0.25) is 19.3 Å². The number of halogens is 3. The second-order valence-electron chi connectivity index (χ2n) is 7.54. The molecule has 3 rings (SSSR count). The lowest BCUT2D eigenvalue weighted by Gasteiger charge is -2.15. The third-order valence-corrected chi connectivity index (χ3v) is 7.09. The first-order chi connectivity index (χ1) is 16.6. The first-order valence-corrected chi connectivity index (χ1v) is 12.9. The molecule has 0 aromatic heterocycles. The Morgan fingerprint density at radius 2 is 1.97 bits per heavy atom. The molecule has 0 spiro atoms. The quantitative estimate of drug-likeness (QED) is 0.233. The van der Waals surface area contributed by atoms with Gasteiger partial charge in [-0.2, -0.15) is 0 Å². The Bertz CT molecular complexity index is 1190. The maximum absolute atomic E-state index is 12.8. The van der Waals surface area contributed by atoms with Crippen LogP contribution < -0.4 is 9.47 Å². The van der Waals surface area contributed by atoms with Gasteiger partial charge in [0.2, 0.25) is 0 Å². The molecule has 1 heterocycles. The molecule has 35 heavy (non-hydrogen) atoms. The zero-order valence-electron chi connectivity index (χ0n) is 19.1. The summed E-state index contributed by atoms with van der Waals surface area (Å²) in [5.74, 6) is -0.341. The van der Waals surface area contributed by atoms with Gasteiger partial charge >= 0.3 is 5.97 Å². The molecule has 1 atom stereocenters. The van der Waals surface area contributed by atoms with Crippen molar-refractivity contribution in [1.82, 2.24) is 4.90 Å². The smallest absolute Gasteiger partial charge is 0.326 e. The average molecular weight is 603 g/mol. The minimum atomic E-state index is -0.630. The topological polar surface area (TPSA) is 82.1 Å². The van der Waals surface area contributed by atoms with Crippen LogP contribution in [0.2, 0.25) is 10.0 Å². The monoisotopic (exact) mass is 601 g/mol. The normalized spacial score (nSPS) is 15.5. The van der Waals surface area contributed by atoms with Crippen LogP contribution in [-0.4, -0.2) is 41.8 Å². The molecular weight excluding hydrogens is 581 g/mol. The van der Waals surface area contributed by atoms with Gasteiger partial charge in [0.05, 0.1) is 22.6 Å². The number of hydrogen-bond acceptors (Lipinski definition) is 7. The molecule has 11 heteroatoms. The Hall–Kier alpha value is -2.20. The van der Waals surface area contributed by atoms with Crippen molar-refractivity contribution in [1.29, 1.82) is 0 Å². The summed E-state index contributed by atoms with van der Waals surface area (Å²) >= 11 is 16.4. The molecule has 0 aliphatic carbocycles. The van der Waals surface area contributed by atoms with Gasteiger partial charge in [-0.25, -0.2) is 0 Å². The molecule has 0 saturated carbocycles. The van der Waals surface area contributed by atoms with Crippen molar-refractivity contribution in [3.05, 3.63) is 60.9 Å². The number of benzene rings is 2. The summed E-state index contributed by atoms with van der Waals surface area (Å²) in [7, 11) is 1.49. The summed E-state index contributed by atoms with van der Waals surface area (Å²) in [5.41, 5.74) is 1.34. The molecule has 2 amide bonds. The lowest BCUT2D eigenvalue weighted by molar-refractivity contribution is -0.150. The number of amides is 2. The first-order valence-electron chi connectivity index (χ1n) is 10.5. The van der Waals surface area contributed by atoms with E-state index in [4.69, 9.17) is 37.4 Å². The highest BCUT2D eigenvalue weighted by Crippen LogP contribution is 2.40. The van der Waals surface area contributed by atoms with Crippen LogP contribution in [0.5, 0.6) is 11.5 Å². The van der Waals surface area contributed by atoms with E-state index >= 15 is 0 Å². The van der Waals surface area contributed by atoms with E-state index in [2.05, 4.69) is 15.9 Å². The molecule has 1 aliphatic rings. The largest absolute Gasteiger partial charge is 0.493 e. The van der Waals surface area contributed by atoms with Gasteiger partial charge < -0.3 is 14.2 Å². The highest BCUT2D eigenvalue weighted by molar-refractivity contribution is 9.10. The van der Waals surface area contributed by atoms with Crippen molar-refractivity contribution in [2.45, 2.75) is 33.0 Å². The average Bonchev–Trinajstić information content (AvgIpc) is 3.06. The fraction of sp³-hybridized carbons (Fsp3) is 0.292. The molecule has 0 radical (unpaired) electrons. The molecule has 1 fully saturated rings. The zero-order valence-corrected chi connectivity index (χ0v) is 23.0. The number of carbonyl (C=O) groups excluding carboxylic acids is 3. The Kier molecular flexibility index (Phi) is 9.52. The van der Waals surface area contributed by atoms with Crippen LogP contribution in [0.25, 0.3) is 6.08 Å². The van der Waals surface area contributed by atoms with Crippen LogP contribution in [0.4, 0.5) is 4.79 Å². The number of imide groups is 1. The van der Waals surface area contributed by atoms with Crippen molar-refractivity contribution in [3.8, 4) is 11.5 Å². The minimum absolute atomic E-state index is 0.177. The summed E-state index contributed by atoms with van der Waals surface area (Å²) < 4.78 is 17.1. The molecule has 186 valence electrons. The van der Waals surface area contributed by atoms with Crippen molar-refractivity contribution in [2.24, 2.45) is 0 Å². The Labute approximate surface area is 225 Å². The highest BCUT2D eigenvalue weighted by atomic mass is 79.9. The summed E-state index contributed by atoms with van der Waals surface area (Å²) in [6.07, 6.45) is 1.90. The van der Waals surface area contributed by atoms with Gasteiger partial charge in [0.25, 0.3) is 11.1 Å². The minimum Gasteiger partial charge on any atom is -0.493 e. The van der Waals surface area contributed by atoms with Crippen molar-refractivity contribution >= 4 is 74.1 Å². The third kappa shape index (κ3) is 6.94. The van der Waals surface area contributed by atoms with E-state index in [9.17, 15) is 14.4 Å². The predicted octanol–water partition coefficient (Wildman–Crippen LogP) is 6.72. The standard InChI is InChI=1S/C24H22BrCl2NO6S/c1-4-13(2)34-21(29)11-28-23(30)20(35-24(28)31)9-14-7-17(25)22(19(8-14)32-3)33-12-15-5-6-16(26)10-18(15)27/h5-10,13H,4,11-12H2,1-3H3/b20-9+/t13-/m0/s1. The van der Waals surface area contributed by atoms with Gasteiger partial charge in [-0.05, 0) is 76.9 Å². The van der Waals surface area contributed by atoms with Crippen LogP contribution in [0.3, 0.4) is 0 Å². The van der Waals surface area contributed by atoms with Crippen LogP contribution in [-0.2, 0) is 20.9 Å². The van der Waals surface area contributed by atoms with E-state index in [1.54, 1.807) is 43.3 Å². The molecular formula is C24H22BrCl2NO6S. The Morgan fingerprint density at radius 1 is 1.23 bits per heavy atom. The van der Waals surface area contributed by atoms with Crippen molar-refractivity contribution in [2.75, 3.05) is 13.7 Å². The van der Waals surface area contributed by atoms with Crippen LogP contribution in [0, 0.1) is 0 Å². The van der Waals surface area contributed by atoms with Crippen molar-refractivity contribution < 1.29 is 28.6 Å². The number of hydrogen-bond donors (Lipinski definition) is 0. The maximum atomic E-state index is 12.8. The third-order valence-electron chi connectivity index (χ3n) is 5.01. The van der Waals surface area contributed by atoms with E-state index in [0.29, 0.717) is 38.0 Å². The van der Waals surface area contributed by atoms with E-state index < -0.39 is 23.7 Å². The SMILES string of the molecule is CC[C@H](C)OC(=O)CN1C(=O)S/C(=C/c2cc(Br)c(OCc3ccc(Cl)cc3Cl)c(OC)c2)C1=O. The molecule has 2 aromatic rings. The number of thioether (sulfide) groups is 1. The van der Waals surface area contributed by atoms with E-state index in [-0.39, 0.29) is 17.6 Å². The number of esters is 1. The molecule has 0 bridgehead atoms. The van der Waals surface area contributed by atoms with Gasteiger partial charge in [-0.1, -0.05) is 36.2 Å². The summed E-state index contributed by atoms with van der Waals surface area (Å²) in [6, 6.07) is 8.53. The fourth-order valence-electron chi connectivity index (χ4n) is 3.01. The molecule has 2 aromatic carbocycles. The van der Waals surface area contributed by atoms with Gasteiger partial charge in [0.15, 0.2) is 11.5 Å². The van der Waals surface area contributed by atoms with E-state index in [1.165, 1.54) is 7.11 Å². The summed E-state index contributed by atoms with van der Waals surface area (Å²) in [4.78, 5) is 38.2. The predicted molar refractivity (Wildman–Crippen MR) is 140 cm³/mol. The lowest BCUT2D eigenvalue weighted by atomic mass is 10.1. The van der Waals surface area contributed by atoms with Crippen molar-refractivity contribution in [3.63, 3.8) is 0 Å². The second-order valence-corrected chi connectivity index (χ2v) is 10.2. The first kappa shape index (κ1) is 27.4. The van der Waals surface area contributed by atoms with E-state index in [0.717, 1.165) is 22.2 Å². The van der Waals surface area contributed by atoms with Crippen LogP contribution >= 0.6 is 50.9 Å². The molecule has 0 N–H and O–H groups in total. The zero-order chi connectivity index (χ0) is 25.7. The number of nitrogens with zero attached hydrogens (tertiary/aromatic N) is 1.